The summed E-state index contributed by atoms with van der Waals surface area (Å²) in [6.07, 6.45) is 1.26. The second kappa shape index (κ2) is 6.48. The zero-order valence-corrected chi connectivity index (χ0v) is 14.2. The van der Waals surface area contributed by atoms with Gasteiger partial charge in [0, 0.05) is 5.56 Å². The lowest BCUT2D eigenvalue weighted by Crippen LogP contribution is -2.35. The molecule has 1 fully saturated rings. The third-order valence-electron chi connectivity index (χ3n) is 5.25. The van der Waals surface area contributed by atoms with Crippen LogP contribution in [0.4, 0.5) is 22.0 Å². The number of hydrogen-bond donors (Lipinski definition) is 0. The minimum Gasteiger partial charge on any atom is -0.203 e. The molecule has 1 aliphatic carbocycles. The summed E-state index contributed by atoms with van der Waals surface area (Å²) in [5, 5.41) is 0. The molecule has 0 unspecified atom stereocenters. The van der Waals surface area contributed by atoms with Crippen LogP contribution >= 0.6 is 0 Å². The van der Waals surface area contributed by atoms with Crippen molar-refractivity contribution >= 4 is 0 Å². The van der Waals surface area contributed by atoms with Gasteiger partial charge in [0.2, 0.25) is 5.82 Å². The molecule has 0 aliphatic heterocycles. The Hall–Kier alpha value is -2.69. The van der Waals surface area contributed by atoms with Crippen molar-refractivity contribution in [1.29, 1.82) is 0 Å². The standard InChI is InChI=1S/C22H15F5/c23-17-16(18(24)20(26)21(27)19(17)25)22(15-11-12-15,13-7-3-1-4-8-13)14-9-5-2-6-10-14/h1-10,15H,11-12H2. The van der Waals surface area contributed by atoms with Crippen molar-refractivity contribution in [1.82, 2.24) is 0 Å². The van der Waals surface area contributed by atoms with E-state index in [0.717, 1.165) is 0 Å². The van der Waals surface area contributed by atoms with Gasteiger partial charge in [-0.15, -0.1) is 0 Å². The molecule has 4 rings (SSSR count). The molecule has 0 nitrogen and oxygen atoms in total. The molecule has 3 aromatic carbocycles. The van der Waals surface area contributed by atoms with Crippen molar-refractivity contribution in [3.05, 3.63) is 106 Å². The molecule has 0 bridgehead atoms. The third-order valence-corrected chi connectivity index (χ3v) is 5.25. The average Bonchev–Trinajstić information content (AvgIpc) is 3.55. The zero-order valence-electron chi connectivity index (χ0n) is 14.2. The Morgan fingerprint density at radius 1 is 0.556 bits per heavy atom. The fourth-order valence-electron chi connectivity index (χ4n) is 4.00. The minimum absolute atomic E-state index is 0.268. The highest BCUT2D eigenvalue weighted by atomic mass is 19.2. The van der Waals surface area contributed by atoms with Gasteiger partial charge in [0.25, 0.3) is 0 Å². The van der Waals surface area contributed by atoms with Gasteiger partial charge >= 0.3 is 0 Å². The van der Waals surface area contributed by atoms with Gasteiger partial charge < -0.3 is 0 Å². The first-order valence-corrected chi connectivity index (χ1v) is 8.62. The summed E-state index contributed by atoms with van der Waals surface area (Å²) in [6.45, 7) is 0. The highest BCUT2D eigenvalue weighted by Gasteiger charge is 2.53. The van der Waals surface area contributed by atoms with E-state index >= 15 is 0 Å². The van der Waals surface area contributed by atoms with Crippen LogP contribution in [0.25, 0.3) is 0 Å². The molecule has 1 aliphatic rings. The van der Waals surface area contributed by atoms with E-state index in [-0.39, 0.29) is 5.92 Å². The largest absolute Gasteiger partial charge is 0.203 e. The number of rotatable bonds is 4. The number of halogens is 5. The summed E-state index contributed by atoms with van der Waals surface area (Å²) in [4.78, 5) is 0. The predicted molar refractivity (Wildman–Crippen MR) is 91.7 cm³/mol. The van der Waals surface area contributed by atoms with E-state index in [4.69, 9.17) is 0 Å². The topological polar surface area (TPSA) is 0 Å². The van der Waals surface area contributed by atoms with Crippen molar-refractivity contribution in [3.8, 4) is 0 Å². The molecule has 27 heavy (non-hydrogen) atoms. The highest BCUT2D eigenvalue weighted by Crippen LogP contribution is 2.56. The normalized spacial score (nSPS) is 14.4. The van der Waals surface area contributed by atoms with Gasteiger partial charge in [0.1, 0.15) is 0 Å². The molecule has 0 spiro atoms. The molecular weight excluding hydrogens is 359 g/mol. The first-order chi connectivity index (χ1) is 13.0. The summed E-state index contributed by atoms with van der Waals surface area (Å²) >= 11 is 0. The van der Waals surface area contributed by atoms with Gasteiger partial charge in [-0.3, -0.25) is 0 Å². The van der Waals surface area contributed by atoms with Gasteiger partial charge in [0.05, 0.1) is 5.41 Å². The van der Waals surface area contributed by atoms with Crippen LogP contribution < -0.4 is 0 Å². The van der Waals surface area contributed by atoms with Crippen LogP contribution in [0, 0.1) is 35.0 Å². The quantitative estimate of drug-likeness (QED) is 0.223. The van der Waals surface area contributed by atoms with Crippen LogP contribution in [-0.2, 0) is 5.41 Å². The smallest absolute Gasteiger partial charge is 0.200 e. The highest BCUT2D eigenvalue weighted by molar-refractivity contribution is 5.54. The maximum absolute atomic E-state index is 14.9. The summed E-state index contributed by atoms with van der Waals surface area (Å²) in [5.41, 5.74) is -1.23. The average molecular weight is 374 g/mol. The third kappa shape index (κ3) is 2.56. The van der Waals surface area contributed by atoms with Gasteiger partial charge in [-0.1, -0.05) is 60.7 Å². The van der Waals surface area contributed by atoms with E-state index in [1.165, 1.54) is 0 Å². The van der Waals surface area contributed by atoms with Gasteiger partial charge in [0.15, 0.2) is 23.3 Å². The molecule has 0 aromatic heterocycles. The van der Waals surface area contributed by atoms with E-state index in [1.54, 1.807) is 60.7 Å². The van der Waals surface area contributed by atoms with E-state index in [1.807, 2.05) is 0 Å². The molecule has 0 saturated heterocycles. The molecule has 3 aromatic rings. The van der Waals surface area contributed by atoms with Crippen molar-refractivity contribution in [3.63, 3.8) is 0 Å². The molecule has 0 N–H and O–H groups in total. The van der Waals surface area contributed by atoms with Crippen molar-refractivity contribution in [2.45, 2.75) is 18.3 Å². The molecule has 1 saturated carbocycles. The predicted octanol–water partition coefficient (Wildman–Crippen LogP) is 6.13. The summed E-state index contributed by atoms with van der Waals surface area (Å²) in [6, 6.07) is 16.9. The second-order valence-corrected chi connectivity index (χ2v) is 6.76. The lowest BCUT2D eigenvalue weighted by atomic mass is 9.65. The summed E-state index contributed by atoms with van der Waals surface area (Å²) in [7, 11) is 0. The molecule has 0 atom stereocenters. The Morgan fingerprint density at radius 2 is 0.926 bits per heavy atom. The lowest BCUT2D eigenvalue weighted by molar-refractivity contribution is 0.350. The first-order valence-electron chi connectivity index (χ1n) is 8.62. The van der Waals surface area contributed by atoms with Crippen LogP contribution in [-0.4, -0.2) is 0 Å². The van der Waals surface area contributed by atoms with Crippen LogP contribution in [0.15, 0.2) is 60.7 Å². The van der Waals surface area contributed by atoms with Gasteiger partial charge in [-0.2, -0.15) is 0 Å². The SMILES string of the molecule is Fc1c(F)c(F)c(C(c2ccccc2)(c2ccccc2)C2CC2)c(F)c1F. The molecular formula is C22H15F5. The minimum atomic E-state index is -2.14. The number of benzene rings is 3. The molecule has 0 amide bonds. The molecule has 5 heteroatoms. The molecule has 138 valence electrons. The van der Waals surface area contributed by atoms with Crippen LogP contribution in [0.2, 0.25) is 0 Å². The Bertz CT molecular complexity index is 910. The monoisotopic (exact) mass is 374 g/mol. The maximum Gasteiger partial charge on any atom is 0.200 e. The van der Waals surface area contributed by atoms with E-state index < -0.39 is 40.1 Å². The van der Waals surface area contributed by atoms with Crippen LogP contribution in [0.1, 0.15) is 29.5 Å². The van der Waals surface area contributed by atoms with E-state index in [0.29, 0.717) is 24.0 Å². The Kier molecular flexibility index (Phi) is 4.25. The number of hydrogen-bond acceptors (Lipinski definition) is 0. The van der Waals surface area contributed by atoms with Gasteiger partial charge in [-0.05, 0) is 29.9 Å². The van der Waals surface area contributed by atoms with Crippen molar-refractivity contribution in [2.24, 2.45) is 5.92 Å². The Balaban J connectivity index is 2.16. The van der Waals surface area contributed by atoms with E-state index in [9.17, 15) is 22.0 Å². The molecule has 0 radical (unpaired) electrons. The Morgan fingerprint density at radius 3 is 1.30 bits per heavy atom. The lowest BCUT2D eigenvalue weighted by Gasteiger charge is -2.37. The Labute approximate surface area is 153 Å². The maximum atomic E-state index is 14.9. The fourth-order valence-corrected chi connectivity index (χ4v) is 4.00. The van der Waals surface area contributed by atoms with Gasteiger partial charge in [-0.25, -0.2) is 22.0 Å². The van der Waals surface area contributed by atoms with E-state index in [2.05, 4.69) is 0 Å². The zero-order chi connectivity index (χ0) is 19.2. The van der Waals surface area contributed by atoms with Crippen LogP contribution in [0.3, 0.4) is 0 Å². The van der Waals surface area contributed by atoms with Crippen molar-refractivity contribution in [2.75, 3.05) is 0 Å². The van der Waals surface area contributed by atoms with Crippen LogP contribution in [0.5, 0.6) is 0 Å². The summed E-state index contributed by atoms with van der Waals surface area (Å²) < 4.78 is 71.7. The fraction of sp³-hybridized carbons (Fsp3) is 0.182. The first kappa shape index (κ1) is 17.7. The van der Waals surface area contributed by atoms with Crippen molar-refractivity contribution < 1.29 is 22.0 Å². The summed E-state index contributed by atoms with van der Waals surface area (Å²) in [5.74, 6) is -9.78. The molecule has 0 heterocycles. The second-order valence-electron chi connectivity index (χ2n) is 6.76.